The number of hydrogen-bond donors (Lipinski definition) is 2. The maximum atomic E-state index is 11.7. The molecule has 2 amide bonds. The Bertz CT molecular complexity index is 661. The van der Waals surface area contributed by atoms with E-state index in [-0.39, 0.29) is 6.03 Å². The fourth-order valence-corrected chi connectivity index (χ4v) is 2.48. The summed E-state index contributed by atoms with van der Waals surface area (Å²) in [4.78, 5) is 11.7. The molecule has 0 atom stereocenters. The van der Waals surface area contributed by atoms with Crippen LogP contribution in [0.4, 0.5) is 4.79 Å². The molecule has 2 N–H and O–H groups in total. The van der Waals surface area contributed by atoms with Crippen molar-refractivity contribution in [2.45, 2.75) is 19.8 Å². The third-order valence-corrected chi connectivity index (χ3v) is 3.96. The zero-order valence-electron chi connectivity index (χ0n) is 13.8. The average molecular weight is 347 g/mol. The molecule has 0 aromatic heterocycles. The first-order chi connectivity index (χ1) is 11.7. The monoisotopic (exact) mass is 346 g/mol. The molecule has 0 aliphatic carbocycles. The van der Waals surface area contributed by atoms with Crippen molar-refractivity contribution in [3.8, 4) is 5.75 Å². The zero-order chi connectivity index (χ0) is 17.2. The Labute approximate surface area is 148 Å². The highest BCUT2D eigenvalue weighted by molar-refractivity contribution is 6.31. The number of carbonyl (C=O) groups excluding carboxylic acids is 1. The first-order valence-electron chi connectivity index (χ1n) is 8.10. The second kappa shape index (κ2) is 9.83. The van der Waals surface area contributed by atoms with E-state index in [2.05, 4.69) is 10.6 Å². The van der Waals surface area contributed by atoms with Crippen molar-refractivity contribution in [2.75, 3.05) is 19.7 Å². The summed E-state index contributed by atoms with van der Waals surface area (Å²) < 4.78 is 5.68. The molecule has 2 rings (SSSR count). The van der Waals surface area contributed by atoms with Crippen molar-refractivity contribution >= 4 is 17.6 Å². The van der Waals surface area contributed by atoms with Gasteiger partial charge in [0.25, 0.3) is 0 Å². The number of benzene rings is 2. The number of aryl methyl sites for hydroxylation is 1. The number of ether oxygens (including phenoxy) is 1. The fraction of sp³-hybridized carbons (Fsp3) is 0.316. The summed E-state index contributed by atoms with van der Waals surface area (Å²) in [5, 5.41) is 6.38. The van der Waals surface area contributed by atoms with Gasteiger partial charge in [-0.2, -0.15) is 0 Å². The number of carbonyl (C=O) groups is 1. The summed E-state index contributed by atoms with van der Waals surface area (Å²) >= 11 is 6.08. The number of urea groups is 1. The van der Waals surface area contributed by atoms with Crippen LogP contribution in [0.15, 0.2) is 48.5 Å². The Balaban J connectivity index is 1.55. The lowest BCUT2D eigenvalue weighted by Crippen LogP contribution is -2.37. The van der Waals surface area contributed by atoms with E-state index in [4.69, 9.17) is 16.3 Å². The molecule has 0 saturated carbocycles. The van der Waals surface area contributed by atoms with E-state index in [9.17, 15) is 4.79 Å². The Kier molecular flexibility index (Phi) is 7.43. The van der Waals surface area contributed by atoms with E-state index in [1.165, 1.54) is 0 Å². The van der Waals surface area contributed by atoms with Crippen LogP contribution in [0.2, 0.25) is 5.02 Å². The van der Waals surface area contributed by atoms with Gasteiger partial charge in [-0.1, -0.05) is 48.0 Å². The average Bonchev–Trinajstić information content (AvgIpc) is 2.58. The van der Waals surface area contributed by atoms with Gasteiger partial charge in [-0.3, -0.25) is 0 Å². The normalized spacial score (nSPS) is 10.2. The predicted octanol–water partition coefficient (Wildman–Crippen LogP) is 3.96. The van der Waals surface area contributed by atoms with Gasteiger partial charge in [-0.25, -0.2) is 4.79 Å². The summed E-state index contributed by atoms with van der Waals surface area (Å²) in [6.07, 6.45) is 1.47. The Morgan fingerprint density at radius 2 is 1.75 bits per heavy atom. The minimum absolute atomic E-state index is 0.169. The molecule has 24 heavy (non-hydrogen) atoms. The van der Waals surface area contributed by atoms with Crippen molar-refractivity contribution in [1.82, 2.24) is 10.6 Å². The quantitative estimate of drug-likeness (QED) is 0.711. The molecular weight excluding hydrogens is 324 g/mol. The number of amides is 2. The number of hydrogen-bond acceptors (Lipinski definition) is 2. The highest BCUT2D eigenvalue weighted by Crippen LogP contribution is 2.16. The maximum Gasteiger partial charge on any atom is 0.314 e. The molecule has 128 valence electrons. The molecule has 2 aromatic rings. The van der Waals surface area contributed by atoms with E-state index in [0.29, 0.717) is 26.1 Å². The van der Waals surface area contributed by atoms with Gasteiger partial charge in [0.15, 0.2) is 0 Å². The van der Waals surface area contributed by atoms with E-state index in [1.54, 1.807) is 0 Å². The van der Waals surface area contributed by atoms with E-state index in [1.807, 2.05) is 55.5 Å². The summed E-state index contributed by atoms with van der Waals surface area (Å²) in [7, 11) is 0. The molecule has 0 fully saturated rings. The molecule has 4 nitrogen and oxygen atoms in total. The Hall–Kier alpha value is -2.20. The van der Waals surface area contributed by atoms with Gasteiger partial charge in [0.2, 0.25) is 0 Å². The minimum Gasteiger partial charge on any atom is -0.493 e. The van der Waals surface area contributed by atoms with Crippen LogP contribution in [0.5, 0.6) is 5.75 Å². The topological polar surface area (TPSA) is 50.4 Å². The van der Waals surface area contributed by atoms with E-state index < -0.39 is 0 Å². The largest absolute Gasteiger partial charge is 0.493 e. The molecule has 0 unspecified atom stereocenters. The lowest BCUT2D eigenvalue weighted by atomic mass is 10.1. The molecule has 0 aliphatic heterocycles. The molecule has 5 heteroatoms. The van der Waals surface area contributed by atoms with Gasteiger partial charge in [0, 0.05) is 18.1 Å². The lowest BCUT2D eigenvalue weighted by Gasteiger charge is -2.10. The Morgan fingerprint density at radius 1 is 1.04 bits per heavy atom. The maximum absolute atomic E-state index is 11.7. The number of halogens is 1. The smallest absolute Gasteiger partial charge is 0.314 e. The molecule has 0 radical (unpaired) electrons. The number of para-hydroxylation sites is 1. The van der Waals surface area contributed by atoms with Gasteiger partial charge >= 0.3 is 6.03 Å². The molecule has 0 bridgehead atoms. The van der Waals surface area contributed by atoms with Crippen LogP contribution in [0.25, 0.3) is 0 Å². The van der Waals surface area contributed by atoms with Gasteiger partial charge in [-0.15, -0.1) is 0 Å². The molecule has 0 spiro atoms. The highest BCUT2D eigenvalue weighted by atomic mass is 35.5. The second-order valence-electron chi connectivity index (χ2n) is 5.49. The van der Waals surface area contributed by atoms with Crippen LogP contribution in [-0.2, 0) is 6.42 Å². The predicted molar refractivity (Wildman–Crippen MR) is 97.8 cm³/mol. The van der Waals surface area contributed by atoms with Crippen LogP contribution in [0, 0.1) is 6.92 Å². The highest BCUT2D eigenvalue weighted by Gasteiger charge is 2.02. The third-order valence-electron chi connectivity index (χ3n) is 3.60. The number of nitrogens with one attached hydrogen (secondary N) is 2. The summed E-state index contributed by atoms with van der Waals surface area (Å²) in [5.41, 5.74) is 2.15. The zero-order valence-corrected chi connectivity index (χ0v) is 14.6. The van der Waals surface area contributed by atoms with Crippen LogP contribution >= 0.6 is 11.6 Å². The van der Waals surface area contributed by atoms with Crippen molar-refractivity contribution in [2.24, 2.45) is 0 Å². The van der Waals surface area contributed by atoms with Crippen molar-refractivity contribution in [3.05, 3.63) is 64.7 Å². The SMILES string of the molecule is Cc1ccccc1OCCCNC(=O)NCCc1ccccc1Cl. The van der Waals surface area contributed by atoms with Gasteiger partial charge in [-0.05, 0) is 43.0 Å². The van der Waals surface area contributed by atoms with Crippen LogP contribution in [0.3, 0.4) is 0 Å². The van der Waals surface area contributed by atoms with Gasteiger partial charge in [0.05, 0.1) is 6.61 Å². The van der Waals surface area contributed by atoms with Crippen LogP contribution in [-0.4, -0.2) is 25.7 Å². The van der Waals surface area contributed by atoms with E-state index >= 15 is 0 Å². The van der Waals surface area contributed by atoms with Crippen molar-refractivity contribution < 1.29 is 9.53 Å². The molecule has 0 heterocycles. The minimum atomic E-state index is -0.169. The van der Waals surface area contributed by atoms with Crippen molar-refractivity contribution in [1.29, 1.82) is 0 Å². The summed E-state index contributed by atoms with van der Waals surface area (Å²) in [6.45, 7) is 3.71. The summed E-state index contributed by atoms with van der Waals surface area (Å²) in [5.74, 6) is 0.890. The van der Waals surface area contributed by atoms with Gasteiger partial charge < -0.3 is 15.4 Å². The first kappa shape index (κ1) is 18.1. The van der Waals surface area contributed by atoms with Crippen molar-refractivity contribution in [3.63, 3.8) is 0 Å². The fourth-order valence-electron chi connectivity index (χ4n) is 2.25. The third kappa shape index (κ3) is 6.13. The number of rotatable bonds is 8. The molecule has 0 aliphatic rings. The van der Waals surface area contributed by atoms with Crippen LogP contribution < -0.4 is 15.4 Å². The molecule has 0 saturated heterocycles. The second-order valence-corrected chi connectivity index (χ2v) is 5.90. The van der Waals surface area contributed by atoms with Gasteiger partial charge in [0.1, 0.15) is 5.75 Å². The molecular formula is C19H23ClN2O2. The van der Waals surface area contributed by atoms with Crippen LogP contribution in [0.1, 0.15) is 17.5 Å². The van der Waals surface area contributed by atoms with E-state index in [0.717, 1.165) is 28.3 Å². The Morgan fingerprint density at radius 3 is 2.54 bits per heavy atom. The summed E-state index contributed by atoms with van der Waals surface area (Å²) in [6, 6.07) is 15.4. The molecule has 2 aromatic carbocycles. The lowest BCUT2D eigenvalue weighted by molar-refractivity contribution is 0.239. The standard InChI is InChI=1S/C19H23ClN2O2/c1-15-7-2-5-10-18(15)24-14-6-12-21-19(23)22-13-11-16-8-3-4-9-17(16)20/h2-5,7-10H,6,11-14H2,1H3,(H2,21,22,23). The first-order valence-corrected chi connectivity index (χ1v) is 8.48.